The van der Waals surface area contributed by atoms with Crippen LogP contribution in [0.4, 0.5) is 0 Å². The molecule has 1 aliphatic carbocycles. The highest BCUT2D eigenvalue weighted by molar-refractivity contribution is 4.95. The molecule has 19 heavy (non-hydrogen) atoms. The summed E-state index contributed by atoms with van der Waals surface area (Å²) < 4.78 is 26.7. The third kappa shape index (κ3) is 6.65. The summed E-state index contributed by atoms with van der Waals surface area (Å²) in [6, 6.07) is 0.111. The molecule has 0 bridgehead atoms. The molecule has 0 aromatic heterocycles. The molecule has 1 fully saturated rings. The van der Waals surface area contributed by atoms with Gasteiger partial charge in [0, 0.05) is 19.8 Å². The highest BCUT2D eigenvalue weighted by Crippen LogP contribution is 2.25. The molecule has 3 unspecified atom stereocenters. The fraction of sp³-hybridized carbons (Fsp3) is 1.00. The van der Waals surface area contributed by atoms with Gasteiger partial charge in [-0.2, -0.15) is 0 Å². The summed E-state index contributed by atoms with van der Waals surface area (Å²) in [5.74, 6) is 0. The smallest absolute Gasteiger partial charge is 0.0988 e. The molecule has 3 atom stereocenters. The van der Waals surface area contributed by atoms with Crippen molar-refractivity contribution in [3.8, 4) is 0 Å². The van der Waals surface area contributed by atoms with Gasteiger partial charge in [-0.05, 0) is 13.3 Å². The van der Waals surface area contributed by atoms with Crippen LogP contribution in [-0.2, 0) is 23.7 Å². The largest absolute Gasteiger partial charge is 0.382 e. The highest BCUT2D eigenvalue weighted by atomic mass is 16.6. The highest BCUT2D eigenvalue weighted by Gasteiger charge is 2.40. The number of nitrogens with two attached hydrogens (primary N) is 1. The van der Waals surface area contributed by atoms with Gasteiger partial charge < -0.3 is 29.4 Å². The Morgan fingerprint density at radius 1 is 0.947 bits per heavy atom. The number of rotatable bonds is 12. The average Bonchev–Trinajstić information content (AvgIpc) is 2.41. The van der Waals surface area contributed by atoms with Crippen molar-refractivity contribution in [3.63, 3.8) is 0 Å². The van der Waals surface area contributed by atoms with E-state index < -0.39 is 0 Å². The van der Waals surface area contributed by atoms with Gasteiger partial charge in [0.1, 0.15) is 0 Å². The van der Waals surface area contributed by atoms with E-state index in [0.29, 0.717) is 46.2 Å². The van der Waals surface area contributed by atoms with Gasteiger partial charge >= 0.3 is 0 Å². The first kappa shape index (κ1) is 16.8. The molecule has 6 nitrogen and oxygen atoms in total. The van der Waals surface area contributed by atoms with Crippen LogP contribution in [0.1, 0.15) is 13.3 Å². The molecule has 1 rings (SSSR count). The van der Waals surface area contributed by atoms with Crippen molar-refractivity contribution in [1.82, 2.24) is 0 Å². The molecule has 0 aliphatic heterocycles. The molecule has 0 aromatic carbocycles. The lowest BCUT2D eigenvalue weighted by atomic mass is 9.86. The molecule has 0 spiro atoms. The van der Waals surface area contributed by atoms with E-state index in [9.17, 15) is 0 Å². The van der Waals surface area contributed by atoms with Crippen molar-refractivity contribution in [2.45, 2.75) is 31.6 Å². The average molecular weight is 277 g/mol. The van der Waals surface area contributed by atoms with Crippen LogP contribution in [0.25, 0.3) is 0 Å². The van der Waals surface area contributed by atoms with Gasteiger partial charge in [0.2, 0.25) is 0 Å². The van der Waals surface area contributed by atoms with E-state index in [2.05, 4.69) is 0 Å². The lowest BCUT2D eigenvalue weighted by Crippen LogP contribution is -2.58. The van der Waals surface area contributed by atoms with E-state index in [1.54, 1.807) is 7.11 Å². The van der Waals surface area contributed by atoms with Crippen LogP contribution in [0.5, 0.6) is 0 Å². The van der Waals surface area contributed by atoms with Gasteiger partial charge in [-0.15, -0.1) is 0 Å². The van der Waals surface area contributed by atoms with E-state index in [4.69, 9.17) is 29.4 Å². The molecule has 0 aromatic rings. The standard InChI is InChI=1S/C13H27NO5/c1-3-18-13-11(14)10-12(13)19-9-8-17-7-6-16-5-4-15-2/h11-13H,3-10,14H2,1-2H3. The Labute approximate surface area is 115 Å². The van der Waals surface area contributed by atoms with Crippen molar-refractivity contribution in [1.29, 1.82) is 0 Å². The maximum atomic E-state index is 5.85. The van der Waals surface area contributed by atoms with E-state index >= 15 is 0 Å². The van der Waals surface area contributed by atoms with Crippen LogP contribution in [0.2, 0.25) is 0 Å². The van der Waals surface area contributed by atoms with Crippen molar-refractivity contribution in [3.05, 3.63) is 0 Å². The first-order chi connectivity index (χ1) is 9.29. The minimum Gasteiger partial charge on any atom is -0.382 e. The van der Waals surface area contributed by atoms with Crippen LogP contribution in [0.3, 0.4) is 0 Å². The van der Waals surface area contributed by atoms with Crippen LogP contribution < -0.4 is 5.73 Å². The van der Waals surface area contributed by atoms with Crippen LogP contribution in [-0.4, -0.2) is 71.6 Å². The molecule has 114 valence electrons. The Kier molecular flexibility index (Phi) is 9.32. The van der Waals surface area contributed by atoms with Crippen molar-refractivity contribution < 1.29 is 23.7 Å². The fourth-order valence-electron chi connectivity index (χ4n) is 1.93. The summed E-state index contributed by atoms with van der Waals surface area (Å²) in [5, 5.41) is 0. The summed E-state index contributed by atoms with van der Waals surface area (Å²) >= 11 is 0. The van der Waals surface area contributed by atoms with E-state index in [-0.39, 0.29) is 18.2 Å². The second-order valence-corrected chi connectivity index (χ2v) is 4.45. The first-order valence-electron chi connectivity index (χ1n) is 6.92. The Morgan fingerprint density at radius 2 is 1.58 bits per heavy atom. The fourth-order valence-corrected chi connectivity index (χ4v) is 1.93. The minimum atomic E-state index is 0.0439. The lowest BCUT2D eigenvalue weighted by molar-refractivity contribution is -0.144. The Morgan fingerprint density at radius 3 is 2.16 bits per heavy atom. The van der Waals surface area contributed by atoms with Crippen molar-refractivity contribution in [2.75, 3.05) is 53.4 Å². The molecular formula is C13H27NO5. The van der Waals surface area contributed by atoms with E-state index in [0.717, 1.165) is 6.42 Å². The molecule has 1 saturated carbocycles. The number of methoxy groups -OCH3 is 1. The van der Waals surface area contributed by atoms with Gasteiger partial charge in [-0.3, -0.25) is 0 Å². The van der Waals surface area contributed by atoms with Gasteiger partial charge in [0.05, 0.1) is 51.8 Å². The number of hydrogen-bond donors (Lipinski definition) is 1. The Balaban J connectivity index is 1.86. The summed E-state index contributed by atoms with van der Waals surface area (Å²) in [6.45, 7) is 6.15. The predicted molar refractivity (Wildman–Crippen MR) is 71.3 cm³/mol. The summed E-state index contributed by atoms with van der Waals surface area (Å²) in [6.07, 6.45) is 1.03. The molecule has 0 saturated heterocycles. The maximum absolute atomic E-state index is 5.85. The third-order valence-electron chi connectivity index (χ3n) is 3.02. The summed E-state index contributed by atoms with van der Waals surface area (Å²) in [5.41, 5.74) is 5.85. The SMILES string of the molecule is CCOC1C(N)CC1OCCOCCOCCOC. The second-order valence-electron chi connectivity index (χ2n) is 4.45. The zero-order chi connectivity index (χ0) is 13.9. The molecule has 0 radical (unpaired) electrons. The minimum absolute atomic E-state index is 0.0439. The second kappa shape index (κ2) is 10.5. The van der Waals surface area contributed by atoms with Crippen LogP contribution in [0.15, 0.2) is 0 Å². The first-order valence-corrected chi connectivity index (χ1v) is 6.92. The molecule has 6 heteroatoms. The van der Waals surface area contributed by atoms with Gasteiger partial charge in [0.25, 0.3) is 0 Å². The van der Waals surface area contributed by atoms with Crippen molar-refractivity contribution in [2.24, 2.45) is 5.73 Å². The number of hydrogen-bond acceptors (Lipinski definition) is 6. The monoisotopic (exact) mass is 277 g/mol. The maximum Gasteiger partial charge on any atom is 0.0988 e. The topological polar surface area (TPSA) is 72.2 Å². The predicted octanol–water partition coefficient (Wildman–Crippen LogP) is 0.187. The third-order valence-corrected chi connectivity index (χ3v) is 3.02. The molecule has 1 aliphatic rings. The quantitative estimate of drug-likeness (QED) is 0.513. The Bertz CT molecular complexity index is 217. The van der Waals surface area contributed by atoms with E-state index in [1.807, 2.05) is 6.92 Å². The van der Waals surface area contributed by atoms with Gasteiger partial charge in [0.15, 0.2) is 0 Å². The molecule has 2 N–H and O–H groups in total. The lowest BCUT2D eigenvalue weighted by Gasteiger charge is -2.41. The number of ether oxygens (including phenoxy) is 5. The molecule has 0 amide bonds. The van der Waals surface area contributed by atoms with Gasteiger partial charge in [-0.25, -0.2) is 0 Å². The summed E-state index contributed by atoms with van der Waals surface area (Å²) in [7, 11) is 1.65. The molecule has 0 heterocycles. The summed E-state index contributed by atoms with van der Waals surface area (Å²) in [4.78, 5) is 0. The van der Waals surface area contributed by atoms with E-state index in [1.165, 1.54) is 0 Å². The Hall–Kier alpha value is -0.240. The van der Waals surface area contributed by atoms with Crippen LogP contribution >= 0.6 is 0 Å². The molecular weight excluding hydrogens is 250 g/mol. The van der Waals surface area contributed by atoms with Gasteiger partial charge in [-0.1, -0.05) is 0 Å². The zero-order valence-electron chi connectivity index (χ0n) is 12.0. The van der Waals surface area contributed by atoms with Crippen LogP contribution in [0, 0.1) is 0 Å². The normalized spacial score (nSPS) is 26.4. The zero-order valence-corrected chi connectivity index (χ0v) is 12.0. The van der Waals surface area contributed by atoms with Crippen molar-refractivity contribution >= 4 is 0 Å².